The number of guanidine groups is 1. The van der Waals surface area contributed by atoms with Gasteiger partial charge in [-0.1, -0.05) is 24.3 Å². The Hall–Kier alpha value is -2.36. The fourth-order valence-electron chi connectivity index (χ4n) is 2.30. The van der Waals surface area contributed by atoms with Crippen molar-refractivity contribution in [2.45, 2.75) is 6.54 Å². The summed E-state index contributed by atoms with van der Waals surface area (Å²) in [6, 6.07) is 12.6. The van der Waals surface area contributed by atoms with Crippen LogP contribution in [0.5, 0.6) is 0 Å². The predicted molar refractivity (Wildman–Crippen MR) is 81.4 cm³/mol. The molecular formula is C16H18N4. The summed E-state index contributed by atoms with van der Waals surface area (Å²) in [6.07, 6.45) is 3.68. The van der Waals surface area contributed by atoms with Crippen LogP contribution < -0.4 is 5.32 Å². The molecule has 4 nitrogen and oxygen atoms in total. The molecule has 0 radical (unpaired) electrons. The molecule has 0 bridgehead atoms. The molecule has 102 valence electrons. The summed E-state index contributed by atoms with van der Waals surface area (Å²) in [6.45, 7) is 2.67. The van der Waals surface area contributed by atoms with Crippen LogP contribution in [0.25, 0.3) is 11.1 Å². The quantitative estimate of drug-likeness (QED) is 0.925. The van der Waals surface area contributed by atoms with E-state index in [0.717, 1.165) is 31.2 Å². The molecule has 0 aliphatic carbocycles. The Bertz CT molecular complexity index is 607. The van der Waals surface area contributed by atoms with Crippen LogP contribution in [0.2, 0.25) is 0 Å². The smallest absolute Gasteiger partial charge is 0.194 e. The summed E-state index contributed by atoms with van der Waals surface area (Å²) in [4.78, 5) is 10.7. The SMILES string of the molecule is CN1CCN=C1NCc1cccc(-c2cccnc2)c1. The van der Waals surface area contributed by atoms with Gasteiger partial charge in [-0.3, -0.25) is 9.98 Å². The lowest BCUT2D eigenvalue weighted by molar-refractivity contribution is 0.534. The lowest BCUT2D eigenvalue weighted by atomic mass is 10.0. The van der Waals surface area contributed by atoms with Crippen molar-refractivity contribution in [3.05, 3.63) is 54.4 Å². The highest BCUT2D eigenvalue weighted by atomic mass is 15.3. The number of likely N-dealkylation sites (N-methyl/N-ethyl adjacent to an activating group) is 1. The molecule has 0 saturated carbocycles. The number of hydrogen-bond donors (Lipinski definition) is 1. The predicted octanol–water partition coefficient (Wildman–Crippen LogP) is 2.14. The van der Waals surface area contributed by atoms with E-state index < -0.39 is 0 Å². The first-order valence-electron chi connectivity index (χ1n) is 6.82. The molecule has 1 aliphatic rings. The Morgan fingerprint density at radius 3 is 2.85 bits per heavy atom. The Balaban J connectivity index is 1.72. The summed E-state index contributed by atoms with van der Waals surface area (Å²) in [5, 5.41) is 3.39. The molecule has 1 aliphatic heterocycles. The van der Waals surface area contributed by atoms with Crippen molar-refractivity contribution in [2.24, 2.45) is 4.99 Å². The second-order valence-electron chi connectivity index (χ2n) is 4.92. The highest BCUT2D eigenvalue weighted by molar-refractivity contribution is 5.81. The van der Waals surface area contributed by atoms with E-state index in [2.05, 4.69) is 57.6 Å². The first kappa shape index (κ1) is 12.7. The van der Waals surface area contributed by atoms with Crippen molar-refractivity contribution in [1.82, 2.24) is 15.2 Å². The molecule has 4 heteroatoms. The third-order valence-electron chi connectivity index (χ3n) is 3.43. The lowest BCUT2D eigenvalue weighted by Crippen LogP contribution is -2.35. The average Bonchev–Trinajstić information content (AvgIpc) is 2.92. The van der Waals surface area contributed by atoms with E-state index in [-0.39, 0.29) is 0 Å². The van der Waals surface area contributed by atoms with E-state index in [9.17, 15) is 0 Å². The van der Waals surface area contributed by atoms with E-state index in [4.69, 9.17) is 0 Å². The van der Waals surface area contributed by atoms with Crippen LogP contribution in [0, 0.1) is 0 Å². The number of pyridine rings is 1. The minimum Gasteiger partial charge on any atom is -0.352 e. The van der Waals surface area contributed by atoms with Crippen molar-refractivity contribution in [3.63, 3.8) is 0 Å². The third-order valence-corrected chi connectivity index (χ3v) is 3.43. The maximum Gasteiger partial charge on any atom is 0.194 e. The third kappa shape index (κ3) is 2.79. The van der Waals surface area contributed by atoms with Crippen molar-refractivity contribution >= 4 is 5.96 Å². The Kier molecular flexibility index (Phi) is 3.63. The van der Waals surface area contributed by atoms with Gasteiger partial charge in [0.15, 0.2) is 5.96 Å². The van der Waals surface area contributed by atoms with Gasteiger partial charge in [-0.2, -0.15) is 0 Å². The van der Waals surface area contributed by atoms with Gasteiger partial charge in [0, 0.05) is 32.5 Å². The zero-order chi connectivity index (χ0) is 13.8. The summed E-state index contributed by atoms with van der Waals surface area (Å²) in [7, 11) is 2.06. The molecule has 0 unspecified atom stereocenters. The number of aliphatic imine (C=N–C) groups is 1. The van der Waals surface area contributed by atoms with Crippen LogP contribution in [0.3, 0.4) is 0 Å². The highest BCUT2D eigenvalue weighted by Crippen LogP contribution is 2.19. The van der Waals surface area contributed by atoms with Gasteiger partial charge in [0.2, 0.25) is 0 Å². The Labute approximate surface area is 119 Å². The molecule has 2 aromatic rings. The van der Waals surface area contributed by atoms with E-state index in [1.807, 2.05) is 12.3 Å². The van der Waals surface area contributed by atoms with Crippen molar-refractivity contribution in [1.29, 1.82) is 0 Å². The van der Waals surface area contributed by atoms with Gasteiger partial charge < -0.3 is 10.2 Å². The summed E-state index contributed by atoms with van der Waals surface area (Å²) >= 11 is 0. The topological polar surface area (TPSA) is 40.5 Å². The van der Waals surface area contributed by atoms with Crippen LogP contribution in [0.4, 0.5) is 0 Å². The number of benzene rings is 1. The maximum absolute atomic E-state index is 4.43. The monoisotopic (exact) mass is 266 g/mol. The largest absolute Gasteiger partial charge is 0.352 e. The standard InChI is InChI=1S/C16H18N4/c1-20-9-8-18-16(20)19-11-13-4-2-5-14(10-13)15-6-3-7-17-12-15/h2-7,10,12H,8-9,11H2,1H3,(H,18,19). The minimum atomic E-state index is 0.789. The number of nitrogens with one attached hydrogen (secondary N) is 1. The van der Waals surface area contributed by atoms with Gasteiger partial charge in [-0.15, -0.1) is 0 Å². The molecule has 3 rings (SSSR count). The number of nitrogens with zero attached hydrogens (tertiary/aromatic N) is 3. The summed E-state index contributed by atoms with van der Waals surface area (Å²) in [5.41, 5.74) is 3.58. The van der Waals surface area contributed by atoms with E-state index in [0.29, 0.717) is 0 Å². The minimum absolute atomic E-state index is 0.789. The first-order chi connectivity index (χ1) is 9.83. The van der Waals surface area contributed by atoms with Crippen molar-refractivity contribution < 1.29 is 0 Å². The molecule has 1 aromatic carbocycles. The Morgan fingerprint density at radius 1 is 1.20 bits per heavy atom. The van der Waals surface area contributed by atoms with Gasteiger partial charge in [-0.05, 0) is 28.8 Å². The van der Waals surface area contributed by atoms with E-state index in [1.165, 1.54) is 11.1 Å². The summed E-state index contributed by atoms with van der Waals surface area (Å²) < 4.78 is 0. The van der Waals surface area contributed by atoms with E-state index >= 15 is 0 Å². The van der Waals surface area contributed by atoms with E-state index in [1.54, 1.807) is 6.20 Å². The number of rotatable bonds is 3. The van der Waals surface area contributed by atoms with Crippen LogP contribution in [0.15, 0.2) is 53.8 Å². The van der Waals surface area contributed by atoms with Gasteiger partial charge in [0.1, 0.15) is 0 Å². The fraction of sp³-hybridized carbons (Fsp3) is 0.250. The number of hydrogen-bond acceptors (Lipinski definition) is 4. The van der Waals surface area contributed by atoms with Crippen molar-refractivity contribution in [3.8, 4) is 11.1 Å². The summed E-state index contributed by atoms with van der Waals surface area (Å²) in [5.74, 6) is 0.983. The second kappa shape index (κ2) is 5.74. The van der Waals surface area contributed by atoms with Crippen LogP contribution in [-0.4, -0.2) is 36.0 Å². The normalized spacial score (nSPS) is 14.2. The van der Waals surface area contributed by atoms with Crippen molar-refractivity contribution in [2.75, 3.05) is 20.1 Å². The molecule has 0 spiro atoms. The van der Waals surface area contributed by atoms with Crippen LogP contribution in [-0.2, 0) is 6.54 Å². The zero-order valence-electron chi connectivity index (χ0n) is 11.6. The van der Waals surface area contributed by atoms with Gasteiger partial charge in [0.05, 0.1) is 6.54 Å². The van der Waals surface area contributed by atoms with Gasteiger partial charge in [-0.25, -0.2) is 0 Å². The molecular weight excluding hydrogens is 248 g/mol. The molecule has 0 atom stereocenters. The lowest BCUT2D eigenvalue weighted by Gasteiger charge is -2.15. The fourth-order valence-corrected chi connectivity index (χ4v) is 2.30. The number of aromatic nitrogens is 1. The van der Waals surface area contributed by atoms with Gasteiger partial charge in [0.25, 0.3) is 0 Å². The first-order valence-corrected chi connectivity index (χ1v) is 6.82. The Morgan fingerprint density at radius 2 is 2.10 bits per heavy atom. The molecule has 2 heterocycles. The molecule has 1 aromatic heterocycles. The molecule has 0 amide bonds. The maximum atomic E-state index is 4.43. The van der Waals surface area contributed by atoms with Crippen LogP contribution in [0.1, 0.15) is 5.56 Å². The zero-order valence-corrected chi connectivity index (χ0v) is 11.6. The highest BCUT2D eigenvalue weighted by Gasteiger charge is 2.11. The average molecular weight is 266 g/mol. The van der Waals surface area contributed by atoms with Crippen LogP contribution >= 0.6 is 0 Å². The molecule has 0 fully saturated rings. The van der Waals surface area contributed by atoms with Gasteiger partial charge >= 0.3 is 0 Å². The molecule has 20 heavy (non-hydrogen) atoms. The second-order valence-corrected chi connectivity index (χ2v) is 4.92. The molecule has 1 N–H and O–H groups in total. The molecule has 0 saturated heterocycles.